The Morgan fingerprint density at radius 1 is 1.15 bits per heavy atom. The maximum Gasteiger partial charge on any atom is 0.332 e. The van der Waals surface area contributed by atoms with E-state index in [-0.39, 0.29) is 18.2 Å². The van der Waals surface area contributed by atoms with Gasteiger partial charge < -0.3 is 25.2 Å². The number of ether oxygens (including phenoxy) is 2. The molecule has 2 amide bonds. The van der Waals surface area contributed by atoms with Gasteiger partial charge in [-0.3, -0.25) is 0 Å². The SMILES string of the molecule is O=C(NCCC1CCCO1)NCC1CCC(C(=O)O)O1. The number of hydrogen-bond acceptors (Lipinski definition) is 4. The number of carboxylic acid groups (broad SMARTS) is 1. The van der Waals surface area contributed by atoms with E-state index in [0.29, 0.717) is 25.9 Å². The number of carbonyl (C=O) groups excluding carboxylic acids is 1. The third-order valence-electron chi connectivity index (χ3n) is 3.65. The molecule has 3 atom stereocenters. The van der Waals surface area contributed by atoms with E-state index in [0.717, 1.165) is 25.9 Å². The topological polar surface area (TPSA) is 96.9 Å². The lowest BCUT2D eigenvalue weighted by atomic mass is 10.2. The van der Waals surface area contributed by atoms with Crippen LogP contribution in [-0.4, -0.2) is 55.1 Å². The fourth-order valence-electron chi connectivity index (χ4n) is 2.53. The summed E-state index contributed by atoms with van der Waals surface area (Å²) >= 11 is 0. The Balaban J connectivity index is 1.53. The number of nitrogens with one attached hydrogen (secondary N) is 2. The molecule has 7 heteroatoms. The van der Waals surface area contributed by atoms with E-state index in [4.69, 9.17) is 14.6 Å². The van der Waals surface area contributed by atoms with E-state index >= 15 is 0 Å². The largest absolute Gasteiger partial charge is 0.479 e. The number of urea groups is 1. The van der Waals surface area contributed by atoms with Gasteiger partial charge in [-0.2, -0.15) is 0 Å². The van der Waals surface area contributed by atoms with Crippen molar-refractivity contribution in [3.05, 3.63) is 0 Å². The smallest absolute Gasteiger partial charge is 0.332 e. The first kappa shape index (κ1) is 15.1. The number of hydrogen-bond donors (Lipinski definition) is 3. The van der Waals surface area contributed by atoms with E-state index in [1.807, 2.05) is 0 Å². The second-order valence-corrected chi connectivity index (χ2v) is 5.22. The lowest BCUT2D eigenvalue weighted by Gasteiger charge is -2.14. The Labute approximate surface area is 118 Å². The van der Waals surface area contributed by atoms with Crippen LogP contribution in [0.15, 0.2) is 0 Å². The first-order valence-corrected chi connectivity index (χ1v) is 7.16. The molecule has 2 fully saturated rings. The van der Waals surface area contributed by atoms with E-state index in [1.165, 1.54) is 0 Å². The summed E-state index contributed by atoms with van der Waals surface area (Å²) in [5.41, 5.74) is 0. The Morgan fingerprint density at radius 3 is 2.65 bits per heavy atom. The maximum absolute atomic E-state index is 11.6. The van der Waals surface area contributed by atoms with Crippen molar-refractivity contribution in [2.75, 3.05) is 19.7 Å². The average molecular weight is 286 g/mol. The molecule has 0 aromatic carbocycles. The van der Waals surface area contributed by atoms with Crippen molar-refractivity contribution in [3.63, 3.8) is 0 Å². The Kier molecular flexibility index (Phi) is 5.60. The van der Waals surface area contributed by atoms with Crippen molar-refractivity contribution in [2.45, 2.75) is 50.4 Å². The van der Waals surface area contributed by atoms with Gasteiger partial charge in [0.2, 0.25) is 0 Å². The normalized spacial score (nSPS) is 29.3. The van der Waals surface area contributed by atoms with E-state index in [2.05, 4.69) is 10.6 Å². The van der Waals surface area contributed by atoms with E-state index in [9.17, 15) is 9.59 Å². The van der Waals surface area contributed by atoms with Gasteiger partial charge in [0.15, 0.2) is 6.10 Å². The zero-order valence-electron chi connectivity index (χ0n) is 11.5. The Hall–Kier alpha value is -1.34. The highest BCUT2D eigenvalue weighted by Crippen LogP contribution is 2.19. The van der Waals surface area contributed by atoms with Crippen LogP contribution >= 0.6 is 0 Å². The molecule has 0 aliphatic carbocycles. The summed E-state index contributed by atoms with van der Waals surface area (Å²) in [4.78, 5) is 22.3. The molecule has 2 aliphatic heterocycles. The highest BCUT2D eigenvalue weighted by Gasteiger charge is 2.30. The molecule has 2 saturated heterocycles. The van der Waals surface area contributed by atoms with Crippen molar-refractivity contribution in [3.8, 4) is 0 Å². The number of amides is 2. The summed E-state index contributed by atoms with van der Waals surface area (Å²) in [7, 11) is 0. The number of rotatable bonds is 6. The number of carbonyl (C=O) groups is 2. The third kappa shape index (κ3) is 4.64. The Bertz CT molecular complexity index is 344. The van der Waals surface area contributed by atoms with Crippen LogP contribution in [0.4, 0.5) is 4.79 Å². The molecular formula is C13H22N2O5. The van der Waals surface area contributed by atoms with Gasteiger partial charge in [-0.05, 0) is 32.1 Å². The van der Waals surface area contributed by atoms with Gasteiger partial charge in [0.25, 0.3) is 0 Å². The first-order valence-electron chi connectivity index (χ1n) is 7.16. The van der Waals surface area contributed by atoms with Crippen LogP contribution in [-0.2, 0) is 14.3 Å². The lowest BCUT2D eigenvalue weighted by molar-refractivity contribution is -0.149. The molecule has 0 saturated carbocycles. The minimum absolute atomic E-state index is 0.208. The van der Waals surface area contributed by atoms with Crippen molar-refractivity contribution in [2.24, 2.45) is 0 Å². The van der Waals surface area contributed by atoms with Crippen LogP contribution in [0.1, 0.15) is 32.1 Å². The molecule has 3 N–H and O–H groups in total. The third-order valence-corrected chi connectivity index (χ3v) is 3.65. The standard InChI is InChI=1S/C13H22N2O5/c16-12(17)11-4-3-10(20-11)8-15-13(18)14-6-5-9-2-1-7-19-9/h9-11H,1-8H2,(H,16,17)(H2,14,15,18). The summed E-state index contributed by atoms with van der Waals surface area (Å²) in [6, 6.07) is -0.245. The molecular weight excluding hydrogens is 264 g/mol. The molecule has 114 valence electrons. The van der Waals surface area contributed by atoms with E-state index in [1.54, 1.807) is 0 Å². The molecule has 0 bridgehead atoms. The van der Waals surface area contributed by atoms with Gasteiger partial charge in [-0.25, -0.2) is 9.59 Å². The Morgan fingerprint density at radius 2 is 2.00 bits per heavy atom. The molecule has 2 rings (SSSR count). The van der Waals surface area contributed by atoms with Gasteiger partial charge in [-0.15, -0.1) is 0 Å². The van der Waals surface area contributed by atoms with Gasteiger partial charge in [0.05, 0.1) is 12.2 Å². The molecule has 2 heterocycles. The quantitative estimate of drug-likeness (QED) is 0.660. The minimum Gasteiger partial charge on any atom is -0.479 e. The zero-order valence-corrected chi connectivity index (χ0v) is 11.5. The molecule has 0 radical (unpaired) electrons. The van der Waals surface area contributed by atoms with Crippen LogP contribution in [0.25, 0.3) is 0 Å². The van der Waals surface area contributed by atoms with Crippen molar-refractivity contribution in [1.82, 2.24) is 10.6 Å². The molecule has 2 aliphatic rings. The average Bonchev–Trinajstić information content (AvgIpc) is 3.07. The summed E-state index contributed by atoms with van der Waals surface area (Å²) in [5, 5.41) is 14.3. The van der Waals surface area contributed by atoms with Crippen LogP contribution < -0.4 is 10.6 Å². The fraction of sp³-hybridized carbons (Fsp3) is 0.846. The van der Waals surface area contributed by atoms with Crippen molar-refractivity contribution < 1.29 is 24.2 Å². The summed E-state index contributed by atoms with van der Waals surface area (Å²) < 4.78 is 10.8. The summed E-state index contributed by atoms with van der Waals surface area (Å²) in [5.74, 6) is -0.937. The number of carboxylic acids is 1. The van der Waals surface area contributed by atoms with Crippen LogP contribution in [0.3, 0.4) is 0 Å². The first-order chi connectivity index (χ1) is 9.65. The molecule has 0 aromatic rings. The van der Waals surface area contributed by atoms with Crippen LogP contribution in [0.5, 0.6) is 0 Å². The van der Waals surface area contributed by atoms with Crippen molar-refractivity contribution in [1.29, 1.82) is 0 Å². The second kappa shape index (κ2) is 7.44. The molecule has 7 nitrogen and oxygen atoms in total. The van der Waals surface area contributed by atoms with Gasteiger partial charge >= 0.3 is 12.0 Å². The van der Waals surface area contributed by atoms with E-state index < -0.39 is 12.1 Å². The summed E-state index contributed by atoms with van der Waals surface area (Å²) in [6.07, 6.45) is 3.48. The predicted octanol–water partition coefficient (Wildman–Crippen LogP) is 0.487. The molecule has 0 spiro atoms. The van der Waals surface area contributed by atoms with Crippen molar-refractivity contribution >= 4 is 12.0 Å². The van der Waals surface area contributed by atoms with Crippen LogP contribution in [0, 0.1) is 0 Å². The second-order valence-electron chi connectivity index (χ2n) is 5.22. The molecule has 0 aromatic heterocycles. The number of aliphatic carboxylic acids is 1. The monoisotopic (exact) mass is 286 g/mol. The highest BCUT2D eigenvalue weighted by molar-refractivity contribution is 5.74. The fourth-order valence-corrected chi connectivity index (χ4v) is 2.53. The lowest BCUT2D eigenvalue weighted by Crippen LogP contribution is -2.40. The van der Waals surface area contributed by atoms with Gasteiger partial charge in [0, 0.05) is 19.7 Å². The maximum atomic E-state index is 11.6. The molecule has 3 unspecified atom stereocenters. The summed E-state index contributed by atoms with van der Waals surface area (Å²) in [6.45, 7) is 1.75. The molecule has 20 heavy (non-hydrogen) atoms. The highest BCUT2D eigenvalue weighted by atomic mass is 16.5. The minimum atomic E-state index is -0.937. The van der Waals surface area contributed by atoms with Gasteiger partial charge in [0.1, 0.15) is 0 Å². The van der Waals surface area contributed by atoms with Crippen LogP contribution in [0.2, 0.25) is 0 Å². The predicted molar refractivity (Wildman–Crippen MR) is 70.5 cm³/mol. The zero-order chi connectivity index (χ0) is 14.4. The van der Waals surface area contributed by atoms with Gasteiger partial charge in [-0.1, -0.05) is 0 Å².